The fourth-order valence-corrected chi connectivity index (χ4v) is 3.37. The van der Waals surface area contributed by atoms with Gasteiger partial charge in [0.2, 0.25) is 5.91 Å². The number of hydrogen-bond acceptors (Lipinski definition) is 6. The van der Waals surface area contributed by atoms with E-state index < -0.39 is 0 Å². The zero-order valence-electron chi connectivity index (χ0n) is 13.8. The van der Waals surface area contributed by atoms with Crippen LogP contribution in [0, 0.1) is 0 Å². The molecule has 0 spiro atoms. The Morgan fingerprint density at radius 2 is 2.19 bits per heavy atom. The molecule has 0 aliphatic carbocycles. The van der Waals surface area contributed by atoms with E-state index in [1.807, 2.05) is 7.05 Å². The summed E-state index contributed by atoms with van der Waals surface area (Å²) in [5.41, 5.74) is 0.518. The quantitative estimate of drug-likeness (QED) is 0.558. The Labute approximate surface area is 167 Å². The van der Waals surface area contributed by atoms with Crippen LogP contribution in [-0.2, 0) is 11.8 Å². The molecule has 26 heavy (non-hydrogen) atoms. The number of ether oxygens (including phenoxy) is 1. The third-order valence-corrected chi connectivity index (χ3v) is 5.08. The maximum Gasteiger partial charge on any atom is 0.234 e. The minimum Gasteiger partial charge on any atom is -0.495 e. The van der Waals surface area contributed by atoms with Crippen LogP contribution in [0.1, 0.15) is 0 Å². The molecule has 0 saturated heterocycles. The lowest BCUT2D eigenvalue weighted by molar-refractivity contribution is -0.113. The van der Waals surface area contributed by atoms with Crippen LogP contribution in [0.25, 0.3) is 11.6 Å². The summed E-state index contributed by atoms with van der Waals surface area (Å²) in [7, 11) is 3.34. The van der Waals surface area contributed by atoms with Gasteiger partial charge in [-0.1, -0.05) is 23.4 Å². The fraction of sp³-hybridized carbons (Fsp3) is 0.188. The number of methoxy groups -OCH3 is 1. The highest BCUT2D eigenvalue weighted by atomic mass is 79.9. The molecule has 1 amide bonds. The van der Waals surface area contributed by atoms with Crippen LogP contribution >= 0.6 is 39.3 Å². The van der Waals surface area contributed by atoms with E-state index in [0.717, 1.165) is 0 Å². The van der Waals surface area contributed by atoms with Crippen LogP contribution < -0.4 is 10.1 Å². The number of nitrogens with zero attached hydrogens (tertiary/aromatic N) is 3. The third kappa shape index (κ3) is 4.22. The van der Waals surface area contributed by atoms with Crippen LogP contribution in [0.3, 0.4) is 0 Å². The van der Waals surface area contributed by atoms with Gasteiger partial charge in [0, 0.05) is 12.1 Å². The van der Waals surface area contributed by atoms with Crippen LogP contribution in [0.5, 0.6) is 5.75 Å². The molecule has 136 valence electrons. The number of carbonyl (C=O) groups is 1. The molecule has 2 aromatic heterocycles. The third-order valence-electron chi connectivity index (χ3n) is 3.40. The molecule has 0 aliphatic rings. The predicted molar refractivity (Wildman–Crippen MR) is 104 cm³/mol. The van der Waals surface area contributed by atoms with Crippen LogP contribution in [0.2, 0.25) is 5.02 Å². The van der Waals surface area contributed by atoms with Gasteiger partial charge in [0.25, 0.3) is 0 Å². The summed E-state index contributed by atoms with van der Waals surface area (Å²) < 4.78 is 13.1. The van der Waals surface area contributed by atoms with Gasteiger partial charge in [-0.15, -0.1) is 10.2 Å². The van der Waals surface area contributed by atoms with E-state index in [1.54, 1.807) is 34.9 Å². The van der Waals surface area contributed by atoms with Gasteiger partial charge in [0.15, 0.2) is 21.4 Å². The molecule has 3 rings (SSSR count). The molecule has 0 unspecified atom stereocenters. The summed E-state index contributed by atoms with van der Waals surface area (Å²) in [5.74, 6) is 1.66. The van der Waals surface area contributed by atoms with Crippen molar-refractivity contribution in [3.05, 3.63) is 40.0 Å². The van der Waals surface area contributed by atoms with Crippen molar-refractivity contribution in [2.45, 2.75) is 5.16 Å². The van der Waals surface area contributed by atoms with Crippen molar-refractivity contribution in [2.75, 3.05) is 18.2 Å². The maximum atomic E-state index is 12.2. The minimum atomic E-state index is -0.208. The van der Waals surface area contributed by atoms with Gasteiger partial charge >= 0.3 is 0 Å². The molecule has 7 nitrogen and oxygen atoms in total. The average Bonchev–Trinajstić information content (AvgIpc) is 3.19. The molecular formula is C16H14BrClN4O3S. The first-order valence-corrected chi connectivity index (χ1v) is 9.55. The van der Waals surface area contributed by atoms with E-state index >= 15 is 0 Å². The first-order valence-electron chi connectivity index (χ1n) is 7.39. The molecule has 0 radical (unpaired) electrons. The molecule has 3 aromatic rings. The highest BCUT2D eigenvalue weighted by Gasteiger charge is 2.16. The van der Waals surface area contributed by atoms with E-state index in [-0.39, 0.29) is 11.7 Å². The molecular weight excluding hydrogens is 444 g/mol. The highest BCUT2D eigenvalue weighted by molar-refractivity contribution is 9.10. The predicted octanol–water partition coefficient (Wildman–Crippen LogP) is 4.23. The summed E-state index contributed by atoms with van der Waals surface area (Å²) in [6, 6.07) is 8.60. The second-order valence-electron chi connectivity index (χ2n) is 5.15. The van der Waals surface area contributed by atoms with E-state index in [4.69, 9.17) is 20.8 Å². The first-order chi connectivity index (χ1) is 12.5. The van der Waals surface area contributed by atoms with Crippen molar-refractivity contribution in [2.24, 2.45) is 7.05 Å². The Morgan fingerprint density at radius 3 is 2.88 bits per heavy atom. The van der Waals surface area contributed by atoms with E-state index in [0.29, 0.717) is 37.9 Å². The molecule has 0 saturated carbocycles. The zero-order chi connectivity index (χ0) is 18.7. The molecule has 10 heteroatoms. The Bertz CT molecular complexity index is 943. The molecule has 0 fully saturated rings. The van der Waals surface area contributed by atoms with Gasteiger partial charge in [0.1, 0.15) is 5.75 Å². The summed E-state index contributed by atoms with van der Waals surface area (Å²) in [6.45, 7) is 0. The number of halogens is 2. The summed E-state index contributed by atoms with van der Waals surface area (Å²) in [4.78, 5) is 12.2. The number of thioether (sulfide) groups is 1. The zero-order valence-corrected chi connectivity index (χ0v) is 17.0. The monoisotopic (exact) mass is 456 g/mol. The number of amides is 1. The summed E-state index contributed by atoms with van der Waals surface area (Å²) in [6.07, 6.45) is 0. The van der Waals surface area contributed by atoms with Crippen molar-refractivity contribution in [1.29, 1.82) is 0 Å². The number of furan rings is 1. The van der Waals surface area contributed by atoms with E-state index in [2.05, 4.69) is 31.4 Å². The SMILES string of the molecule is COc1ccc(Cl)cc1NC(=O)CSc1nnc(-c2ccc(Br)o2)n1C. The van der Waals surface area contributed by atoms with Gasteiger partial charge in [-0.2, -0.15) is 0 Å². The highest BCUT2D eigenvalue weighted by Crippen LogP contribution is 2.29. The summed E-state index contributed by atoms with van der Waals surface area (Å²) in [5, 5.41) is 12.1. The normalized spacial score (nSPS) is 10.8. The number of hydrogen-bond donors (Lipinski definition) is 1. The maximum absolute atomic E-state index is 12.2. The van der Waals surface area contributed by atoms with Crippen molar-refractivity contribution in [3.8, 4) is 17.3 Å². The lowest BCUT2D eigenvalue weighted by atomic mass is 10.3. The van der Waals surface area contributed by atoms with Gasteiger partial charge < -0.3 is 19.0 Å². The van der Waals surface area contributed by atoms with Crippen LogP contribution in [0.15, 0.2) is 44.6 Å². The molecule has 2 heterocycles. The first kappa shape index (κ1) is 18.8. The number of benzene rings is 1. The van der Waals surface area contributed by atoms with Gasteiger partial charge in [-0.25, -0.2) is 0 Å². The Hall–Kier alpha value is -1.97. The standard InChI is InChI=1S/C16H14BrClN4O3S/c1-22-15(12-5-6-13(17)25-12)20-21-16(22)26-8-14(23)19-10-7-9(18)3-4-11(10)24-2/h3-7H,8H2,1-2H3,(H,19,23). The molecule has 0 aliphatic heterocycles. The van der Waals surface area contributed by atoms with Crippen LogP contribution in [0.4, 0.5) is 5.69 Å². The number of carbonyl (C=O) groups excluding carboxylic acids is 1. The minimum absolute atomic E-state index is 0.156. The molecule has 0 bridgehead atoms. The second-order valence-corrected chi connectivity index (χ2v) is 7.31. The Kier molecular flexibility index (Phi) is 5.90. The van der Waals surface area contributed by atoms with Gasteiger partial charge in [-0.05, 0) is 46.3 Å². The number of aromatic nitrogens is 3. The van der Waals surface area contributed by atoms with Crippen LogP contribution in [-0.4, -0.2) is 33.5 Å². The van der Waals surface area contributed by atoms with Crippen molar-refractivity contribution >= 4 is 50.9 Å². The Balaban J connectivity index is 1.65. The second kappa shape index (κ2) is 8.15. The van der Waals surface area contributed by atoms with E-state index in [9.17, 15) is 4.79 Å². The molecule has 0 atom stereocenters. The number of anilines is 1. The smallest absolute Gasteiger partial charge is 0.234 e. The fourth-order valence-electron chi connectivity index (χ4n) is 2.18. The lowest BCUT2D eigenvalue weighted by Gasteiger charge is -2.10. The lowest BCUT2D eigenvalue weighted by Crippen LogP contribution is -2.15. The van der Waals surface area contributed by atoms with E-state index in [1.165, 1.54) is 18.9 Å². The number of nitrogens with one attached hydrogen (secondary N) is 1. The van der Waals surface area contributed by atoms with Gasteiger partial charge in [-0.3, -0.25) is 4.79 Å². The molecule has 1 N–H and O–H groups in total. The average molecular weight is 458 g/mol. The van der Waals surface area contributed by atoms with Crippen molar-refractivity contribution < 1.29 is 13.9 Å². The van der Waals surface area contributed by atoms with Gasteiger partial charge in [0.05, 0.1) is 18.6 Å². The topological polar surface area (TPSA) is 82.2 Å². The Morgan fingerprint density at radius 1 is 1.38 bits per heavy atom. The molecule has 1 aromatic carbocycles. The number of rotatable bonds is 6. The van der Waals surface area contributed by atoms with Crippen molar-refractivity contribution in [3.63, 3.8) is 0 Å². The van der Waals surface area contributed by atoms with Crippen molar-refractivity contribution in [1.82, 2.24) is 14.8 Å². The summed E-state index contributed by atoms with van der Waals surface area (Å²) >= 11 is 10.5. The largest absolute Gasteiger partial charge is 0.495 e.